The van der Waals surface area contributed by atoms with Crippen molar-refractivity contribution >= 4 is 28.4 Å². The van der Waals surface area contributed by atoms with Gasteiger partial charge in [0.05, 0.1) is 11.3 Å². The molecule has 0 spiro atoms. The zero-order chi connectivity index (χ0) is 11.3. The third kappa shape index (κ3) is 1.13. The van der Waals surface area contributed by atoms with Crippen molar-refractivity contribution in [1.82, 2.24) is 19.4 Å². The second kappa shape index (κ2) is 3.02. The molecule has 0 atom stereocenters. The number of fused-ring (bicyclic) bond motifs is 3. The summed E-state index contributed by atoms with van der Waals surface area (Å²) in [5.41, 5.74) is 0.336. The van der Waals surface area contributed by atoms with E-state index < -0.39 is 5.82 Å². The van der Waals surface area contributed by atoms with Crippen LogP contribution in [0, 0.1) is 5.82 Å². The van der Waals surface area contributed by atoms with Gasteiger partial charge in [0.2, 0.25) is 0 Å². The predicted molar refractivity (Wildman–Crippen MR) is 56.1 cm³/mol. The first-order valence-corrected chi connectivity index (χ1v) is 4.75. The fraction of sp³-hybridized carbons (Fsp3) is 0. The summed E-state index contributed by atoms with van der Waals surface area (Å²) < 4.78 is 14.5. The van der Waals surface area contributed by atoms with Crippen LogP contribution in [0.4, 0.5) is 4.39 Å². The molecule has 0 fully saturated rings. The first-order chi connectivity index (χ1) is 7.66. The normalized spacial score (nSPS) is 11.4. The fourth-order valence-electron chi connectivity index (χ4n) is 1.56. The highest BCUT2D eigenvalue weighted by molar-refractivity contribution is 6.33. The van der Waals surface area contributed by atoms with Crippen LogP contribution in [0.25, 0.3) is 16.8 Å². The lowest BCUT2D eigenvalue weighted by atomic mass is 10.4. The first-order valence-electron chi connectivity index (χ1n) is 4.37. The van der Waals surface area contributed by atoms with Gasteiger partial charge in [-0.15, -0.1) is 0 Å². The molecule has 0 aliphatic carbocycles. The number of H-pyrrole nitrogens is 1. The minimum atomic E-state index is -0.515. The van der Waals surface area contributed by atoms with Crippen molar-refractivity contribution in [3.8, 4) is 0 Å². The molecular weight excluding hydrogens is 235 g/mol. The fourth-order valence-corrected chi connectivity index (χ4v) is 1.79. The van der Waals surface area contributed by atoms with E-state index in [4.69, 9.17) is 11.6 Å². The molecule has 0 unspecified atom stereocenters. The van der Waals surface area contributed by atoms with Crippen LogP contribution in [0.3, 0.4) is 0 Å². The monoisotopic (exact) mass is 238 g/mol. The third-order valence-electron chi connectivity index (χ3n) is 2.21. The van der Waals surface area contributed by atoms with Crippen LogP contribution in [-0.4, -0.2) is 19.4 Å². The molecule has 7 heteroatoms. The summed E-state index contributed by atoms with van der Waals surface area (Å²) in [7, 11) is 0. The highest BCUT2D eigenvalue weighted by Crippen LogP contribution is 2.20. The number of hydrogen-bond acceptors (Lipinski definition) is 3. The van der Waals surface area contributed by atoms with Gasteiger partial charge in [-0.3, -0.25) is 9.20 Å². The van der Waals surface area contributed by atoms with Gasteiger partial charge in [-0.2, -0.15) is 0 Å². The van der Waals surface area contributed by atoms with Gasteiger partial charge in [0, 0.05) is 6.20 Å². The van der Waals surface area contributed by atoms with Crippen molar-refractivity contribution in [2.45, 2.75) is 0 Å². The highest BCUT2D eigenvalue weighted by atomic mass is 35.5. The molecule has 0 bridgehead atoms. The maximum atomic E-state index is 13.2. The number of hydrogen-bond donors (Lipinski definition) is 1. The van der Waals surface area contributed by atoms with Gasteiger partial charge in [0.1, 0.15) is 5.82 Å². The van der Waals surface area contributed by atoms with E-state index in [9.17, 15) is 9.18 Å². The molecule has 3 aromatic heterocycles. The summed E-state index contributed by atoms with van der Waals surface area (Å²) >= 11 is 5.82. The SMILES string of the molecule is O=c1[nH]cnc2c1nc1c(Cl)cc(F)cn12. The van der Waals surface area contributed by atoms with E-state index >= 15 is 0 Å². The number of nitrogens with zero attached hydrogens (tertiary/aromatic N) is 3. The maximum absolute atomic E-state index is 13.2. The zero-order valence-electron chi connectivity index (χ0n) is 7.74. The van der Waals surface area contributed by atoms with E-state index in [0.717, 1.165) is 6.07 Å². The molecule has 0 aromatic carbocycles. The molecule has 0 aliphatic heterocycles. The first kappa shape index (κ1) is 9.29. The molecule has 0 saturated carbocycles. The Hall–Kier alpha value is -1.95. The maximum Gasteiger partial charge on any atom is 0.278 e. The van der Waals surface area contributed by atoms with Crippen LogP contribution in [-0.2, 0) is 0 Å². The van der Waals surface area contributed by atoms with Crippen molar-refractivity contribution in [3.05, 3.63) is 39.8 Å². The largest absolute Gasteiger partial charge is 0.311 e. The molecule has 1 N–H and O–H groups in total. The van der Waals surface area contributed by atoms with E-state index in [1.165, 1.54) is 16.9 Å². The van der Waals surface area contributed by atoms with Gasteiger partial charge in [0.25, 0.3) is 5.56 Å². The van der Waals surface area contributed by atoms with E-state index in [1.54, 1.807) is 0 Å². The Labute approximate surface area is 92.5 Å². The summed E-state index contributed by atoms with van der Waals surface area (Å²) in [5, 5.41) is 0.136. The quantitative estimate of drug-likeness (QED) is 0.643. The average molecular weight is 239 g/mol. The van der Waals surface area contributed by atoms with Crippen LogP contribution in [0.15, 0.2) is 23.4 Å². The van der Waals surface area contributed by atoms with Crippen molar-refractivity contribution < 1.29 is 4.39 Å². The lowest BCUT2D eigenvalue weighted by Gasteiger charge is -1.96. The van der Waals surface area contributed by atoms with Gasteiger partial charge in [-0.1, -0.05) is 11.6 Å². The number of pyridine rings is 1. The van der Waals surface area contributed by atoms with E-state index in [1.807, 2.05) is 0 Å². The van der Waals surface area contributed by atoms with E-state index in [-0.39, 0.29) is 21.7 Å². The lowest BCUT2D eigenvalue weighted by molar-refractivity contribution is 0.620. The number of aromatic amines is 1. The Morgan fingerprint density at radius 2 is 2.25 bits per heavy atom. The Morgan fingerprint density at radius 1 is 1.44 bits per heavy atom. The van der Waals surface area contributed by atoms with Gasteiger partial charge in [-0.05, 0) is 6.07 Å². The Balaban J connectivity index is 2.66. The number of nitrogens with one attached hydrogen (secondary N) is 1. The van der Waals surface area contributed by atoms with Gasteiger partial charge in [0.15, 0.2) is 16.8 Å². The number of imidazole rings is 1. The van der Waals surface area contributed by atoms with Crippen molar-refractivity contribution in [1.29, 1.82) is 0 Å². The minimum Gasteiger partial charge on any atom is -0.311 e. The topological polar surface area (TPSA) is 63.0 Å². The lowest BCUT2D eigenvalue weighted by Crippen LogP contribution is -2.06. The summed E-state index contributed by atoms with van der Waals surface area (Å²) in [6, 6.07) is 1.14. The van der Waals surface area contributed by atoms with Crippen LogP contribution < -0.4 is 5.56 Å². The molecule has 80 valence electrons. The molecule has 3 rings (SSSR count). The summed E-state index contributed by atoms with van der Waals surface area (Å²) in [6.45, 7) is 0. The minimum absolute atomic E-state index is 0.134. The smallest absolute Gasteiger partial charge is 0.278 e. The highest BCUT2D eigenvalue weighted by Gasteiger charge is 2.12. The second-order valence-electron chi connectivity index (χ2n) is 3.22. The third-order valence-corrected chi connectivity index (χ3v) is 2.49. The van der Waals surface area contributed by atoms with Crippen LogP contribution in [0.2, 0.25) is 5.02 Å². The number of aromatic nitrogens is 4. The molecule has 3 heterocycles. The Kier molecular flexibility index (Phi) is 1.75. The van der Waals surface area contributed by atoms with Crippen LogP contribution in [0.1, 0.15) is 0 Å². The van der Waals surface area contributed by atoms with Gasteiger partial charge >= 0.3 is 0 Å². The number of rotatable bonds is 0. The molecule has 5 nitrogen and oxygen atoms in total. The van der Waals surface area contributed by atoms with Crippen LogP contribution >= 0.6 is 11.6 Å². The van der Waals surface area contributed by atoms with Crippen LogP contribution in [0.5, 0.6) is 0 Å². The predicted octanol–water partition coefficient (Wildman–Crippen LogP) is 1.36. The summed E-state index contributed by atoms with van der Waals surface area (Å²) in [6.07, 6.45) is 2.42. The zero-order valence-corrected chi connectivity index (χ0v) is 8.49. The Bertz CT molecular complexity index is 763. The van der Waals surface area contributed by atoms with Crippen molar-refractivity contribution in [3.63, 3.8) is 0 Å². The summed E-state index contributed by atoms with van der Waals surface area (Å²) in [4.78, 5) is 21.8. The van der Waals surface area contributed by atoms with Crippen molar-refractivity contribution in [2.24, 2.45) is 0 Å². The molecule has 0 amide bonds. The molecule has 16 heavy (non-hydrogen) atoms. The number of halogens is 2. The van der Waals surface area contributed by atoms with Gasteiger partial charge in [-0.25, -0.2) is 14.4 Å². The summed E-state index contributed by atoms with van der Waals surface area (Å²) in [5.74, 6) is -0.515. The van der Waals surface area contributed by atoms with Crippen molar-refractivity contribution in [2.75, 3.05) is 0 Å². The second-order valence-corrected chi connectivity index (χ2v) is 3.62. The standard InChI is InChI=1S/C9H4ClFN4O/c10-5-1-4(11)2-15-7(5)14-6-8(15)12-3-13-9(6)16/h1-3H,(H,12,13,16). The molecule has 0 aliphatic rings. The molecule has 0 saturated heterocycles. The molecule has 0 radical (unpaired) electrons. The molecule has 3 aromatic rings. The van der Waals surface area contributed by atoms with E-state index in [0.29, 0.717) is 5.65 Å². The van der Waals surface area contributed by atoms with E-state index in [2.05, 4.69) is 15.0 Å². The van der Waals surface area contributed by atoms with Gasteiger partial charge < -0.3 is 4.98 Å². The molecular formula is C9H4ClFN4O. The Morgan fingerprint density at radius 3 is 3.06 bits per heavy atom. The average Bonchev–Trinajstić information content (AvgIpc) is 2.59.